The van der Waals surface area contributed by atoms with Crippen molar-refractivity contribution in [1.29, 1.82) is 0 Å². The van der Waals surface area contributed by atoms with Gasteiger partial charge >= 0.3 is 5.97 Å². The molecule has 1 unspecified atom stereocenters. The summed E-state index contributed by atoms with van der Waals surface area (Å²) in [5.74, 6) is -0.395. The molecule has 1 rings (SSSR count). The third-order valence-corrected chi connectivity index (χ3v) is 4.16. The number of allylic oxidation sites excluding steroid dienone is 2. The fourth-order valence-electron chi connectivity index (χ4n) is 2.81. The van der Waals surface area contributed by atoms with Crippen LogP contribution in [-0.4, -0.2) is 29.6 Å². The van der Waals surface area contributed by atoms with Crippen molar-refractivity contribution in [2.75, 3.05) is 7.11 Å². The van der Waals surface area contributed by atoms with Gasteiger partial charge in [-0.3, -0.25) is 4.79 Å². The number of aliphatic hydroxyl groups is 1. The van der Waals surface area contributed by atoms with Crippen molar-refractivity contribution in [2.45, 2.75) is 46.1 Å². The largest absolute Gasteiger partial charge is 0.466 e. The van der Waals surface area contributed by atoms with Crippen LogP contribution < -0.4 is 0 Å². The van der Waals surface area contributed by atoms with Gasteiger partial charge in [0.1, 0.15) is 5.78 Å². The molecular formula is C16H24O4. The summed E-state index contributed by atoms with van der Waals surface area (Å²) in [6.07, 6.45) is 5.53. The number of ketones is 1. The summed E-state index contributed by atoms with van der Waals surface area (Å²) in [5, 5.41) is 10.9. The molecule has 20 heavy (non-hydrogen) atoms. The summed E-state index contributed by atoms with van der Waals surface area (Å²) in [6.45, 7) is 7.43. The van der Waals surface area contributed by atoms with Gasteiger partial charge in [0.25, 0.3) is 0 Å². The van der Waals surface area contributed by atoms with Gasteiger partial charge in [-0.1, -0.05) is 32.9 Å². The standard InChI is InChI=1S/C16H24O4/c1-11(8-14(18)20-5)6-7-16(19)12(2)9-13(17)10-15(16,3)4/h6-8,12,19H,9-10H2,1-5H3/b7-6+,11-8-/t12?,16-/m0/s1. The summed E-state index contributed by atoms with van der Waals surface area (Å²) >= 11 is 0. The zero-order valence-electron chi connectivity index (χ0n) is 12.9. The Kier molecular flexibility index (Phi) is 4.92. The topological polar surface area (TPSA) is 63.6 Å². The summed E-state index contributed by atoms with van der Waals surface area (Å²) in [5.41, 5.74) is -0.888. The lowest BCUT2D eigenvalue weighted by atomic mass is 9.60. The smallest absolute Gasteiger partial charge is 0.330 e. The maximum Gasteiger partial charge on any atom is 0.330 e. The Morgan fingerprint density at radius 2 is 2.05 bits per heavy atom. The second kappa shape index (κ2) is 5.92. The Morgan fingerprint density at radius 3 is 2.55 bits per heavy atom. The van der Waals surface area contributed by atoms with E-state index < -0.39 is 17.0 Å². The molecule has 1 aliphatic rings. The Bertz CT molecular complexity index is 459. The summed E-state index contributed by atoms with van der Waals surface area (Å²) < 4.78 is 4.56. The zero-order chi connectivity index (χ0) is 15.6. The van der Waals surface area contributed by atoms with Gasteiger partial charge in [0.2, 0.25) is 0 Å². The second-order valence-electron chi connectivity index (χ2n) is 6.27. The van der Waals surface area contributed by atoms with E-state index in [9.17, 15) is 14.7 Å². The molecule has 112 valence electrons. The highest BCUT2D eigenvalue weighted by Crippen LogP contribution is 2.46. The normalized spacial score (nSPS) is 30.6. The Labute approximate surface area is 120 Å². The van der Waals surface area contributed by atoms with Gasteiger partial charge in [0.15, 0.2) is 0 Å². The van der Waals surface area contributed by atoms with E-state index in [2.05, 4.69) is 4.74 Å². The Morgan fingerprint density at radius 1 is 1.45 bits per heavy atom. The first-order chi connectivity index (χ1) is 9.12. The van der Waals surface area contributed by atoms with Crippen LogP contribution in [0.2, 0.25) is 0 Å². The summed E-state index contributed by atoms with van der Waals surface area (Å²) in [4.78, 5) is 22.8. The predicted molar refractivity (Wildman–Crippen MR) is 77.0 cm³/mol. The molecule has 0 aliphatic heterocycles. The van der Waals surface area contributed by atoms with Gasteiger partial charge in [-0.25, -0.2) is 4.79 Å². The van der Waals surface area contributed by atoms with Crippen LogP contribution in [0.25, 0.3) is 0 Å². The molecule has 1 saturated carbocycles. The molecule has 1 fully saturated rings. The van der Waals surface area contributed by atoms with E-state index in [-0.39, 0.29) is 11.7 Å². The molecule has 1 aliphatic carbocycles. The first-order valence-electron chi connectivity index (χ1n) is 6.82. The van der Waals surface area contributed by atoms with Crippen molar-refractivity contribution in [2.24, 2.45) is 11.3 Å². The third kappa shape index (κ3) is 3.37. The minimum Gasteiger partial charge on any atom is -0.466 e. The van der Waals surface area contributed by atoms with Crippen LogP contribution in [0.5, 0.6) is 0 Å². The Hall–Kier alpha value is -1.42. The number of hydrogen-bond acceptors (Lipinski definition) is 4. The average molecular weight is 280 g/mol. The lowest BCUT2D eigenvalue weighted by Gasteiger charge is -2.48. The number of carbonyl (C=O) groups excluding carboxylic acids is 2. The molecule has 0 saturated heterocycles. The van der Waals surface area contributed by atoms with Crippen LogP contribution in [0, 0.1) is 11.3 Å². The lowest BCUT2D eigenvalue weighted by molar-refractivity contribution is -0.142. The van der Waals surface area contributed by atoms with Crippen LogP contribution in [0.3, 0.4) is 0 Å². The molecule has 0 spiro atoms. The lowest BCUT2D eigenvalue weighted by Crippen LogP contribution is -2.53. The quantitative estimate of drug-likeness (QED) is 0.490. The van der Waals surface area contributed by atoms with Crippen LogP contribution in [-0.2, 0) is 14.3 Å². The van der Waals surface area contributed by atoms with E-state index >= 15 is 0 Å². The van der Waals surface area contributed by atoms with Crippen LogP contribution >= 0.6 is 0 Å². The van der Waals surface area contributed by atoms with Gasteiger partial charge in [-0.05, 0) is 18.4 Å². The molecule has 0 aromatic heterocycles. The van der Waals surface area contributed by atoms with Crippen molar-refractivity contribution < 1.29 is 19.4 Å². The zero-order valence-corrected chi connectivity index (χ0v) is 12.9. The van der Waals surface area contributed by atoms with Gasteiger partial charge < -0.3 is 9.84 Å². The van der Waals surface area contributed by atoms with Crippen molar-refractivity contribution >= 4 is 11.8 Å². The molecule has 0 aromatic carbocycles. The molecule has 4 heteroatoms. The predicted octanol–water partition coefficient (Wildman–Crippen LogP) is 2.42. The van der Waals surface area contributed by atoms with Gasteiger partial charge in [-0.15, -0.1) is 0 Å². The number of Topliss-reactive ketones (excluding diaryl/α,β-unsaturated/α-hetero) is 1. The minimum atomic E-state index is -1.06. The van der Waals surface area contributed by atoms with Crippen molar-refractivity contribution in [1.82, 2.24) is 0 Å². The highest BCUT2D eigenvalue weighted by atomic mass is 16.5. The van der Waals surface area contributed by atoms with Crippen molar-refractivity contribution in [3.05, 3.63) is 23.8 Å². The molecular weight excluding hydrogens is 256 g/mol. The van der Waals surface area contributed by atoms with E-state index in [4.69, 9.17) is 0 Å². The highest BCUT2D eigenvalue weighted by molar-refractivity contribution is 5.83. The number of carbonyl (C=O) groups is 2. The van der Waals surface area contributed by atoms with Crippen molar-refractivity contribution in [3.8, 4) is 0 Å². The van der Waals surface area contributed by atoms with Crippen molar-refractivity contribution in [3.63, 3.8) is 0 Å². The van der Waals surface area contributed by atoms with E-state index in [0.717, 1.165) is 0 Å². The number of methoxy groups -OCH3 is 1. The SMILES string of the molecule is COC(=O)/C=C(C)\C=C\[C@]1(O)C(C)CC(=O)CC1(C)C. The average Bonchev–Trinajstić information content (AvgIpc) is 2.32. The van der Waals surface area contributed by atoms with E-state index in [0.29, 0.717) is 18.4 Å². The molecule has 0 amide bonds. The number of hydrogen-bond donors (Lipinski definition) is 1. The molecule has 0 bridgehead atoms. The Balaban J connectivity index is 3.00. The first kappa shape index (κ1) is 16.6. The fraction of sp³-hybridized carbons (Fsp3) is 0.625. The molecule has 0 radical (unpaired) electrons. The van der Waals surface area contributed by atoms with E-state index in [1.807, 2.05) is 20.8 Å². The molecule has 0 heterocycles. The van der Waals surface area contributed by atoms with Crippen LogP contribution in [0.1, 0.15) is 40.5 Å². The fourth-order valence-corrected chi connectivity index (χ4v) is 2.81. The second-order valence-corrected chi connectivity index (χ2v) is 6.27. The third-order valence-electron chi connectivity index (χ3n) is 4.16. The molecule has 4 nitrogen and oxygen atoms in total. The molecule has 0 aromatic rings. The molecule has 1 N–H and O–H groups in total. The van der Waals surface area contributed by atoms with Gasteiger partial charge in [0.05, 0.1) is 12.7 Å². The number of ether oxygens (including phenoxy) is 1. The van der Waals surface area contributed by atoms with Gasteiger partial charge in [-0.2, -0.15) is 0 Å². The monoisotopic (exact) mass is 280 g/mol. The maximum atomic E-state index is 11.7. The molecule has 2 atom stereocenters. The number of rotatable bonds is 3. The maximum absolute atomic E-state index is 11.7. The summed E-state index contributed by atoms with van der Waals surface area (Å²) in [6, 6.07) is 0. The van der Waals surface area contributed by atoms with Gasteiger partial charge in [0, 0.05) is 24.3 Å². The van der Waals surface area contributed by atoms with Crippen LogP contribution in [0.4, 0.5) is 0 Å². The number of esters is 1. The van der Waals surface area contributed by atoms with E-state index in [1.165, 1.54) is 13.2 Å². The van der Waals surface area contributed by atoms with Crippen LogP contribution in [0.15, 0.2) is 23.8 Å². The van der Waals surface area contributed by atoms with E-state index in [1.54, 1.807) is 19.1 Å². The summed E-state index contributed by atoms with van der Waals surface area (Å²) in [7, 11) is 1.32. The first-order valence-corrected chi connectivity index (χ1v) is 6.82. The highest BCUT2D eigenvalue weighted by Gasteiger charge is 2.50. The minimum absolute atomic E-state index is 0.152.